The van der Waals surface area contributed by atoms with Crippen molar-refractivity contribution in [3.63, 3.8) is 0 Å². The van der Waals surface area contributed by atoms with Crippen molar-refractivity contribution in [3.8, 4) is 5.75 Å². The summed E-state index contributed by atoms with van der Waals surface area (Å²) in [7, 11) is 0. The predicted molar refractivity (Wildman–Crippen MR) is 82.7 cm³/mol. The van der Waals surface area contributed by atoms with Crippen molar-refractivity contribution in [2.75, 3.05) is 12.3 Å². The van der Waals surface area contributed by atoms with Crippen LogP contribution in [-0.4, -0.2) is 18.1 Å². The van der Waals surface area contributed by atoms with E-state index >= 15 is 0 Å². The SMILES string of the molecule is CCCCCCNC(=O)C(C)(C)Oc1ccc(N)cc1. The lowest BCUT2D eigenvalue weighted by atomic mass is 10.1. The lowest BCUT2D eigenvalue weighted by Crippen LogP contribution is -2.46. The second-order valence-electron chi connectivity index (χ2n) is 5.50. The summed E-state index contributed by atoms with van der Waals surface area (Å²) in [6.07, 6.45) is 4.56. The largest absolute Gasteiger partial charge is 0.478 e. The van der Waals surface area contributed by atoms with Crippen molar-refractivity contribution >= 4 is 11.6 Å². The number of benzene rings is 1. The van der Waals surface area contributed by atoms with Gasteiger partial charge in [-0.1, -0.05) is 26.2 Å². The molecular formula is C16H26N2O2. The topological polar surface area (TPSA) is 64.3 Å². The summed E-state index contributed by atoms with van der Waals surface area (Å²) in [6, 6.07) is 7.05. The van der Waals surface area contributed by atoms with Crippen LogP contribution in [0.4, 0.5) is 5.69 Å². The monoisotopic (exact) mass is 278 g/mol. The van der Waals surface area contributed by atoms with E-state index in [1.54, 1.807) is 38.1 Å². The molecule has 4 heteroatoms. The van der Waals surface area contributed by atoms with Gasteiger partial charge in [-0.3, -0.25) is 4.79 Å². The molecule has 0 atom stereocenters. The molecule has 1 aromatic rings. The second kappa shape index (κ2) is 7.78. The zero-order valence-corrected chi connectivity index (χ0v) is 12.7. The number of nitrogen functional groups attached to an aromatic ring is 1. The third kappa shape index (κ3) is 5.51. The molecule has 3 N–H and O–H groups in total. The fraction of sp³-hybridized carbons (Fsp3) is 0.562. The Kier molecular flexibility index (Phi) is 6.36. The van der Waals surface area contributed by atoms with Crippen molar-refractivity contribution in [2.45, 2.75) is 52.1 Å². The molecule has 0 aromatic heterocycles. The van der Waals surface area contributed by atoms with E-state index in [-0.39, 0.29) is 5.91 Å². The van der Waals surface area contributed by atoms with Gasteiger partial charge in [-0.05, 0) is 44.5 Å². The fourth-order valence-electron chi connectivity index (χ4n) is 1.84. The highest BCUT2D eigenvalue weighted by molar-refractivity contribution is 5.84. The molecule has 0 fully saturated rings. The molecule has 0 aliphatic heterocycles. The van der Waals surface area contributed by atoms with Gasteiger partial charge in [0.2, 0.25) is 0 Å². The summed E-state index contributed by atoms with van der Waals surface area (Å²) >= 11 is 0. The number of ether oxygens (including phenoxy) is 1. The number of anilines is 1. The molecular weight excluding hydrogens is 252 g/mol. The number of carbonyl (C=O) groups is 1. The average molecular weight is 278 g/mol. The van der Waals surface area contributed by atoms with Gasteiger partial charge >= 0.3 is 0 Å². The van der Waals surface area contributed by atoms with E-state index in [0.717, 1.165) is 12.8 Å². The predicted octanol–water partition coefficient (Wildman–Crippen LogP) is 3.12. The molecule has 0 heterocycles. The number of unbranched alkanes of at least 4 members (excludes halogenated alkanes) is 3. The maximum atomic E-state index is 12.1. The Morgan fingerprint density at radius 2 is 1.85 bits per heavy atom. The first kappa shape index (κ1) is 16.3. The highest BCUT2D eigenvalue weighted by Gasteiger charge is 2.29. The minimum Gasteiger partial charge on any atom is -0.478 e. The minimum atomic E-state index is -0.888. The molecule has 0 saturated carbocycles. The Morgan fingerprint density at radius 3 is 2.45 bits per heavy atom. The highest BCUT2D eigenvalue weighted by atomic mass is 16.5. The van der Waals surface area contributed by atoms with Crippen LogP contribution >= 0.6 is 0 Å². The lowest BCUT2D eigenvalue weighted by Gasteiger charge is -2.25. The van der Waals surface area contributed by atoms with Crippen LogP contribution in [0, 0.1) is 0 Å². The summed E-state index contributed by atoms with van der Waals surface area (Å²) in [5.74, 6) is 0.552. The molecule has 1 amide bonds. The van der Waals surface area contributed by atoms with Crippen molar-refractivity contribution < 1.29 is 9.53 Å². The number of nitrogens with one attached hydrogen (secondary N) is 1. The van der Waals surface area contributed by atoms with Crippen LogP contribution in [0.2, 0.25) is 0 Å². The van der Waals surface area contributed by atoms with E-state index in [1.165, 1.54) is 12.8 Å². The lowest BCUT2D eigenvalue weighted by molar-refractivity contribution is -0.134. The minimum absolute atomic E-state index is 0.0918. The number of hydrogen-bond acceptors (Lipinski definition) is 3. The smallest absolute Gasteiger partial charge is 0.263 e. The van der Waals surface area contributed by atoms with E-state index in [1.807, 2.05) is 0 Å². The standard InChI is InChI=1S/C16H26N2O2/c1-4-5-6-7-12-18-15(19)16(2,3)20-14-10-8-13(17)9-11-14/h8-11H,4-7,12,17H2,1-3H3,(H,18,19). The first-order chi connectivity index (χ1) is 9.45. The molecule has 4 nitrogen and oxygen atoms in total. The molecule has 0 radical (unpaired) electrons. The fourth-order valence-corrected chi connectivity index (χ4v) is 1.84. The summed E-state index contributed by atoms with van der Waals surface area (Å²) < 4.78 is 5.73. The summed E-state index contributed by atoms with van der Waals surface area (Å²) in [5, 5.41) is 2.92. The molecule has 112 valence electrons. The number of carbonyl (C=O) groups excluding carboxylic acids is 1. The molecule has 0 bridgehead atoms. The molecule has 0 aliphatic carbocycles. The molecule has 20 heavy (non-hydrogen) atoms. The number of hydrogen-bond donors (Lipinski definition) is 2. The van der Waals surface area contributed by atoms with Crippen LogP contribution in [0.3, 0.4) is 0 Å². The van der Waals surface area contributed by atoms with Crippen molar-refractivity contribution in [1.82, 2.24) is 5.32 Å². The number of nitrogens with two attached hydrogens (primary N) is 1. The number of rotatable bonds is 8. The second-order valence-corrected chi connectivity index (χ2v) is 5.50. The van der Waals surface area contributed by atoms with E-state index in [4.69, 9.17) is 10.5 Å². The first-order valence-electron chi connectivity index (χ1n) is 7.28. The average Bonchev–Trinajstić information content (AvgIpc) is 2.40. The maximum Gasteiger partial charge on any atom is 0.263 e. The zero-order valence-electron chi connectivity index (χ0n) is 12.7. The molecule has 0 unspecified atom stereocenters. The summed E-state index contributed by atoms with van der Waals surface area (Å²) in [5.41, 5.74) is 5.41. The van der Waals surface area contributed by atoms with Gasteiger partial charge in [0.1, 0.15) is 5.75 Å². The summed E-state index contributed by atoms with van der Waals surface area (Å²) in [6.45, 7) is 6.41. The zero-order chi connectivity index (χ0) is 15.0. The van der Waals surface area contributed by atoms with E-state index in [0.29, 0.717) is 18.0 Å². The third-order valence-electron chi connectivity index (χ3n) is 3.12. The van der Waals surface area contributed by atoms with Gasteiger partial charge in [0.05, 0.1) is 0 Å². The first-order valence-corrected chi connectivity index (χ1v) is 7.28. The van der Waals surface area contributed by atoms with E-state index in [2.05, 4.69) is 12.2 Å². The third-order valence-corrected chi connectivity index (χ3v) is 3.12. The van der Waals surface area contributed by atoms with Crippen molar-refractivity contribution in [2.24, 2.45) is 0 Å². The van der Waals surface area contributed by atoms with Gasteiger partial charge in [0, 0.05) is 12.2 Å². The molecule has 0 spiro atoms. The molecule has 1 aromatic carbocycles. The van der Waals surface area contributed by atoms with Crippen LogP contribution in [-0.2, 0) is 4.79 Å². The Labute approximate surface area is 121 Å². The van der Waals surface area contributed by atoms with Gasteiger partial charge < -0.3 is 15.8 Å². The van der Waals surface area contributed by atoms with Gasteiger partial charge in [-0.25, -0.2) is 0 Å². The van der Waals surface area contributed by atoms with Crippen molar-refractivity contribution in [3.05, 3.63) is 24.3 Å². The van der Waals surface area contributed by atoms with Crippen LogP contribution in [0.1, 0.15) is 46.5 Å². The summed E-state index contributed by atoms with van der Waals surface area (Å²) in [4.78, 5) is 12.1. The Morgan fingerprint density at radius 1 is 1.20 bits per heavy atom. The Bertz CT molecular complexity index is 413. The van der Waals surface area contributed by atoms with Gasteiger partial charge in [-0.15, -0.1) is 0 Å². The molecule has 0 aliphatic rings. The quantitative estimate of drug-likeness (QED) is 0.567. The van der Waals surface area contributed by atoms with Crippen LogP contribution < -0.4 is 15.8 Å². The van der Waals surface area contributed by atoms with Crippen LogP contribution in [0.5, 0.6) is 5.75 Å². The van der Waals surface area contributed by atoms with Crippen molar-refractivity contribution in [1.29, 1.82) is 0 Å². The number of amides is 1. The Balaban J connectivity index is 2.42. The van der Waals surface area contributed by atoms with Crippen LogP contribution in [0.15, 0.2) is 24.3 Å². The Hall–Kier alpha value is -1.71. The normalized spacial score (nSPS) is 11.2. The van der Waals surface area contributed by atoms with Gasteiger partial charge in [0.15, 0.2) is 5.60 Å². The van der Waals surface area contributed by atoms with Crippen LogP contribution in [0.25, 0.3) is 0 Å². The highest BCUT2D eigenvalue weighted by Crippen LogP contribution is 2.19. The maximum absolute atomic E-state index is 12.1. The van der Waals surface area contributed by atoms with Gasteiger partial charge in [-0.2, -0.15) is 0 Å². The molecule has 0 saturated heterocycles. The molecule has 1 rings (SSSR count). The van der Waals surface area contributed by atoms with Gasteiger partial charge in [0.25, 0.3) is 5.91 Å². The van der Waals surface area contributed by atoms with E-state index < -0.39 is 5.60 Å². The van der Waals surface area contributed by atoms with E-state index in [9.17, 15) is 4.79 Å².